The van der Waals surface area contributed by atoms with Crippen molar-refractivity contribution < 1.29 is 19.2 Å². The van der Waals surface area contributed by atoms with E-state index in [4.69, 9.17) is 4.74 Å². The molecule has 128 valence electrons. The molecule has 0 radical (unpaired) electrons. The van der Waals surface area contributed by atoms with E-state index in [1.165, 1.54) is 24.0 Å². The van der Waals surface area contributed by atoms with Gasteiger partial charge in [0.2, 0.25) is 0 Å². The van der Waals surface area contributed by atoms with Crippen LogP contribution in [0, 0.1) is 13.8 Å². The summed E-state index contributed by atoms with van der Waals surface area (Å²) in [7, 11) is 3.32. The Morgan fingerprint density at radius 1 is 1.21 bits per heavy atom. The first-order valence-electron chi connectivity index (χ1n) is 7.75. The quantitative estimate of drug-likeness (QED) is 0.784. The molecule has 0 spiro atoms. The number of esters is 1. The molecular formula is C18H23N2O3S+. The molecule has 6 heteroatoms. The number of amides is 1. The first kappa shape index (κ1) is 18.2. The van der Waals surface area contributed by atoms with Gasteiger partial charge in [0.25, 0.3) is 5.91 Å². The number of carbonyl (C=O) groups excluding carboxylic acids is 2. The van der Waals surface area contributed by atoms with Crippen LogP contribution in [0.2, 0.25) is 0 Å². The number of methoxy groups -OCH3 is 1. The minimum absolute atomic E-state index is 0.116. The number of quaternary nitrogens is 1. The lowest BCUT2D eigenvalue weighted by Crippen LogP contribution is -3.08. The summed E-state index contributed by atoms with van der Waals surface area (Å²) in [6.45, 7) is 4.88. The van der Waals surface area contributed by atoms with E-state index in [2.05, 4.69) is 5.32 Å². The molecule has 0 aliphatic rings. The molecule has 1 amide bonds. The minimum Gasteiger partial charge on any atom is -0.465 e. The molecule has 1 unspecified atom stereocenters. The molecule has 0 bridgehead atoms. The lowest BCUT2D eigenvalue weighted by atomic mass is 10.1. The molecule has 0 aliphatic heterocycles. The molecule has 24 heavy (non-hydrogen) atoms. The van der Waals surface area contributed by atoms with Gasteiger partial charge in [0.1, 0.15) is 11.5 Å². The van der Waals surface area contributed by atoms with E-state index in [1.54, 1.807) is 0 Å². The van der Waals surface area contributed by atoms with Gasteiger partial charge in [-0.15, -0.1) is 11.3 Å². The Labute approximate surface area is 146 Å². The van der Waals surface area contributed by atoms with Crippen molar-refractivity contribution in [2.75, 3.05) is 26.0 Å². The van der Waals surface area contributed by atoms with Gasteiger partial charge in [-0.25, -0.2) is 4.79 Å². The number of ether oxygens (including phenoxy) is 1. The van der Waals surface area contributed by atoms with Crippen molar-refractivity contribution in [2.45, 2.75) is 20.4 Å². The normalized spacial score (nSPS) is 11.8. The summed E-state index contributed by atoms with van der Waals surface area (Å²) in [5.74, 6) is -0.535. The summed E-state index contributed by atoms with van der Waals surface area (Å²) in [6, 6.07) is 10.0. The van der Waals surface area contributed by atoms with Gasteiger partial charge in [-0.3, -0.25) is 4.79 Å². The third kappa shape index (κ3) is 4.43. The summed E-state index contributed by atoms with van der Waals surface area (Å²) in [6.07, 6.45) is 0. The third-order valence-corrected chi connectivity index (χ3v) is 4.96. The Morgan fingerprint density at radius 2 is 1.88 bits per heavy atom. The number of thiophene rings is 1. The van der Waals surface area contributed by atoms with Crippen molar-refractivity contribution in [3.8, 4) is 0 Å². The van der Waals surface area contributed by atoms with Crippen LogP contribution in [0.4, 0.5) is 5.00 Å². The number of hydrogen-bond donors (Lipinski definition) is 2. The van der Waals surface area contributed by atoms with Crippen molar-refractivity contribution in [1.82, 2.24) is 0 Å². The monoisotopic (exact) mass is 347 g/mol. The maximum atomic E-state index is 12.3. The van der Waals surface area contributed by atoms with Crippen molar-refractivity contribution in [3.05, 3.63) is 51.9 Å². The summed E-state index contributed by atoms with van der Waals surface area (Å²) >= 11 is 1.40. The maximum absolute atomic E-state index is 12.3. The molecule has 2 N–H and O–H groups in total. The molecule has 2 rings (SSSR count). The molecule has 1 aromatic heterocycles. The van der Waals surface area contributed by atoms with E-state index in [0.717, 1.165) is 21.9 Å². The average molecular weight is 347 g/mol. The Bertz CT molecular complexity index is 725. The molecule has 2 aromatic rings. The summed E-state index contributed by atoms with van der Waals surface area (Å²) in [4.78, 5) is 26.3. The van der Waals surface area contributed by atoms with E-state index in [-0.39, 0.29) is 5.91 Å². The first-order chi connectivity index (χ1) is 11.4. The highest BCUT2D eigenvalue weighted by Crippen LogP contribution is 2.32. The third-order valence-electron chi connectivity index (χ3n) is 3.84. The van der Waals surface area contributed by atoms with Gasteiger partial charge in [0, 0.05) is 10.4 Å². The topological polar surface area (TPSA) is 59.8 Å². The smallest absolute Gasteiger partial charge is 0.341 e. The van der Waals surface area contributed by atoms with E-state index >= 15 is 0 Å². The van der Waals surface area contributed by atoms with Gasteiger partial charge < -0.3 is 15.0 Å². The number of benzene rings is 1. The molecule has 5 nitrogen and oxygen atoms in total. The zero-order valence-electron chi connectivity index (χ0n) is 14.4. The molecule has 0 saturated carbocycles. The number of rotatable bonds is 6. The Morgan fingerprint density at radius 3 is 2.50 bits per heavy atom. The van der Waals surface area contributed by atoms with Crippen LogP contribution < -0.4 is 10.2 Å². The number of hydrogen-bond acceptors (Lipinski definition) is 4. The highest BCUT2D eigenvalue weighted by molar-refractivity contribution is 7.16. The summed E-state index contributed by atoms with van der Waals surface area (Å²) < 4.78 is 4.82. The van der Waals surface area contributed by atoms with Crippen molar-refractivity contribution in [3.63, 3.8) is 0 Å². The van der Waals surface area contributed by atoms with Crippen LogP contribution in [0.1, 0.15) is 26.4 Å². The van der Waals surface area contributed by atoms with Gasteiger partial charge in [0.05, 0.1) is 19.7 Å². The summed E-state index contributed by atoms with van der Waals surface area (Å²) in [5, 5.41) is 3.43. The van der Waals surface area contributed by atoms with Crippen LogP contribution in [0.15, 0.2) is 30.3 Å². The van der Waals surface area contributed by atoms with Crippen LogP contribution >= 0.6 is 11.3 Å². The predicted molar refractivity (Wildman–Crippen MR) is 95.7 cm³/mol. The van der Waals surface area contributed by atoms with Gasteiger partial charge in [-0.2, -0.15) is 0 Å². The number of nitrogens with one attached hydrogen (secondary N) is 2. The first-order valence-corrected chi connectivity index (χ1v) is 8.57. The van der Waals surface area contributed by atoms with Gasteiger partial charge in [0.15, 0.2) is 6.54 Å². The van der Waals surface area contributed by atoms with Crippen molar-refractivity contribution >= 4 is 28.2 Å². The minimum atomic E-state index is -0.419. The number of aryl methyl sites for hydroxylation is 1. The lowest BCUT2D eigenvalue weighted by Gasteiger charge is -2.14. The van der Waals surface area contributed by atoms with E-state index in [0.29, 0.717) is 17.1 Å². The highest BCUT2D eigenvalue weighted by atomic mass is 32.1. The molecular weight excluding hydrogens is 324 g/mol. The predicted octanol–water partition coefficient (Wildman–Crippen LogP) is 1.80. The largest absolute Gasteiger partial charge is 0.465 e. The van der Waals surface area contributed by atoms with E-state index in [1.807, 2.05) is 51.2 Å². The summed E-state index contributed by atoms with van der Waals surface area (Å²) in [5.41, 5.74) is 2.49. The molecule has 1 atom stereocenters. The van der Waals surface area contributed by atoms with Crippen LogP contribution in [0.5, 0.6) is 0 Å². The second kappa shape index (κ2) is 8.08. The Kier molecular flexibility index (Phi) is 6.11. The molecule has 0 saturated heterocycles. The van der Waals surface area contributed by atoms with Crippen LogP contribution in [0.3, 0.4) is 0 Å². The number of anilines is 1. The van der Waals surface area contributed by atoms with Crippen molar-refractivity contribution in [1.29, 1.82) is 0 Å². The van der Waals surface area contributed by atoms with Gasteiger partial charge >= 0.3 is 5.97 Å². The average Bonchev–Trinajstić information content (AvgIpc) is 2.81. The number of likely N-dealkylation sites (N-methyl/N-ethyl adjacent to an activating group) is 1. The second-order valence-corrected chi connectivity index (χ2v) is 7.05. The zero-order valence-corrected chi connectivity index (χ0v) is 15.3. The molecule has 1 heterocycles. The second-order valence-electron chi connectivity index (χ2n) is 5.82. The fourth-order valence-electron chi connectivity index (χ4n) is 2.51. The van der Waals surface area contributed by atoms with Crippen LogP contribution in [-0.4, -0.2) is 32.6 Å². The Hall–Kier alpha value is -2.18. The van der Waals surface area contributed by atoms with Gasteiger partial charge in [-0.05, 0) is 19.4 Å². The zero-order chi connectivity index (χ0) is 17.7. The molecule has 0 fully saturated rings. The van der Waals surface area contributed by atoms with Crippen LogP contribution in [-0.2, 0) is 16.1 Å². The maximum Gasteiger partial charge on any atom is 0.341 e. The molecule has 0 aliphatic carbocycles. The standard InChI is InChI=1S/C18H22N2O3S/c1-12-13(2)24-17(16(12)18(22)23-4)19-15(21)11-20(3)10-14-8-6-5-7-9-14/h5-9H,10-11H2,1-4H3,(H,19,21)/p+1. The Balaban J connectivity index is 2.02. The lowest BCUT2D eigenvalue weighted by molar-refractivity contribution is -0.885. The number of carbonyl (C=O) groups is 2. The van der Waals surface area contributed by atoms with E-state index < -0.39 is 5.97 Å². The molecule has 1 aromatic carbocycles. The van der Waals surface area contributed by atoms with E-state index in [9.17, 15) is 9.59 Å². The fraction of sp³-hybridized carbons (Fsp3) is 0.333. The van der Waals surface area contributed by atoms with Crippen molar-refractivity contribution in [2.24, 2.45) is 0 Å². The SMILES string of the molecule is COC(=O)c1c(NC(=O)C[NH+](C)Cc2ccccc2)sc(C)c1C. The van der Waals surface area contributed by atoms with Gasteiger partial charge in [-0.1, -0.05) is 30.3 Å². The highest BCUT2D eigenvalue weighted by Gasteiger charge is 2.22. The van der Waals surface area contributed by atoms with Crippen LogP contribution in [0.25, 0.3) is 0 Å². The fourth-order valence-corrected chi connectivity index (χ4v) is 3.58.